The third-order valence-electron chi connectivity index (χ3n) is 2.55. The van der Waals surface area contributed by atoms with E-state index in [9.17, 15) is 0 Å². The van der Waals surface area contributed by atoms with Crippen molar-refractivity contribution in [1.82, 2.24) is 5.32 Å². The van der Waals surface area contributed by atoms with Crippen molar-refractivity contribution in [2.75, 3.05) is 6.54 Å². The van der Waals surface area contributed by atoms with Crippen LogP contribution in [-0.2, 0) is 0 Å². The third-order valence-corrected chi connectivity index (χ3v) is 3.43. The minimum Gasteiger partial charge on any atom is -0.314 e. The van der Waals surface area contributed by atoms with Crippen LogP contribution in [0.3, 0.4) is 0 Å². The Kier molecular flexibility index (Phi) is 3.94. The Labute approximate surface area is 85.2 Å². The van der Waals surface area contributed by atoms with Crippen LogP contribution in [0.2, 0.25) is 0 Å². The molecule has 0 aliphatic carbocycles. The maximum Gasteiger partial charge on any atom is 0.0105 e. The van der Waals surface area contributed by atoms with E-state index in [2.05, 4.69) is 44.5 Å². The van der Waals surface area contributed by atoms with Crippen molar-refractivity contribution in [3.63, 3.8) is 0 Å². The van der Waals surface area contributed by atoms with Crippen LogP contribution < -0.4 is 5.32 Å². The molecule has 0 aliphatic rings. The fourth-order valence-corrected chi connectivity index (χ4v) is 2.30. The van der Waals surface area contributed by atoms with Crippen LogP contribution in [0, 0.1) is 6.92 Å². The zero-order valence-electron chi connectivity index (χ0n) is 8.92. The maximum atomic E-state index is 3.46. The number of rotatable bonds is 4. The van der Waals surface area contributed by atoms with E-state index in [1.807, 2.05) is 11.3 Å². The molecular formula is C11H19NS. The SMILES string of the molecule is CCNC(C)C(C)c1csc(C)c1. The molecule has 1 heterocycles. The second-order valence-corrected chi connectivity index (χ2v) is 4.74. The van der Waals surface area contributed by atoms with Crippen molar-refractivity contribution in [3.8, 4) is 0 Å². The van der Waals surface area contributed by atoms with Gasteiger partial charge in [-0.2, -0.15) is 0 Å². The largest absolute Gasteiger partial charge is 0.314 e. The van der Waals surface area contributed by atoms with Gasteiger partial charge in [0.1, 0.15) is 0 Å². The predicted molar refractivity (Wildman–Crippen MR) is 60.6 cm³/mol. The topological polar surface area (TPSA) is 12.0 Å². The summed E-state index contributed by atoms with van der Waals surface area (Å²) in [4.78, 5) is 1.41. The summed E-state index contributed by atoms with van der Waals surface area (Å²) in [5.74, 6) is 0.616. The van der Waals surface area contributed by atoms with E-state index in [1.54, 1.807) is 0 Å². The summed E-state index contributed by atoms with van der Waals surface area (Å²) < 4.78 is 0. The van der Waals surface area contributed by atoms with Crippen molar-refractivity contribution in [2.24, 2.45) is 0 Å². The third kappa shape index (κ3) is 2.82. The van der Waals surface area contributed by atoms with Crippen LogP contribution in [0.5, 0.6) is 0 Å². The lowest BCUT2D eigenvalue weighted by Gasteiger charge is -2.19. The molecule has 0 spiro atoms. The highest BCUT2D eigenvalue weighted by atomic mass is 32.1. The van der Waals surface area contributed by atoms with Gasteiger partial charge in [-0.3, -0.25) is 0 Å². The Morgan fingerprint density at radius 3 is 2.62 bits per heavy atom. The highest BCUT2D eigenvalue weighted by molar-refractivity contribution is 7.10. The molecule has 2 atom stereocenters. The average Bonchev–Trinajstić information content (AvgIpc) is 2.51. The summed E-state index contributed by atoms with van der Waals surface area (Å²) in [6, 6.07) is 2.86. The lowest BCUT2D eigenvalue weighted by atomic mass is 9.97. The van der Waals surface area contributed by atoms with Crippen molar-refractivity contribution in [2.45, 2.75) is 39.7 Å². The molecule has 13 heavy (non-hydrogen) atoms. The predicted octanol–water partition coefficient (Wildman–Crippen LogP) is 3.16. The number of thiophene rings is 1. The molecular weight excluding hydrogens is 178 g/mol. The van der Waals surface area contributed by atoms with Gasteiger partial charge in [-0.15, -0.1) is 11.3 Å². The standard InChI is InChI=1S/C11H19NS/c1-5-12-10(4)9(3)11-6-8(2)13-7-11/h6-7,9-10,12H,5H2,1-4H3. The van der Waals surface area contributed by atoms with Crippen molar-refractivity contribution >= 4 is 11.3 Å². The van der Waals surface area contributed by atoms with Gasteiger partial charge in [0.05, 0.1) is 0 Å². The molecule has 0 amide bonds. The molecule has 0 aliphatic heterocycles. The molecule has 1 rings (SSSR count). The van der Waals surface area contributed by atoms with E-state index in [4.69, 9.17) is 0 Å². The van der Waals surface area contributed by atoms with Crippen LogP contribution in [0.25, 0.3) is 0 Å². The summed E-state index contributed by atoms with van der Waals surface area (Å²) in [5, 5.41) is 5.73. The lowest BCUT2D eigenvalue weighted by molar-refractivity contribution is 0.496. The summed E-state index contributed by atoms with van der Waals surface area (Å²) in [6.07, 6.45) is 0. The second-order valence-electron chi connectivity index (χ2n) is 3.63. The van der Waals surface area contributed by atoms with E-state index in [0.29, 0.717) is 12.0 Å². The first-order valence-electron chi connectivity index (χ1n) is 4.93. The fourth-order valence-electron chi connectivity index (χ4n) is 1.49. The molecule has 74 valence electrons. The molecule has 2 unspecified atom stereocenters. The summed E-state index contributed by atoms with van der Waals surface area (Å²) >= 11 is 1.84. The number of likely N-dealkylation sites (N-methyl/N-ethyl adjacent to an activating group) is 1. The van der Waals surface area contributed by atoms with Gasteiger partial charge in [0, 0.05) is 10.9 Å². The summed E-state index contributed by atoms with van der Waals surface area (Å²) in [5.41, 5.74) is 1.47. The van der Waals surface area contributed by atoms with E-state index < -0.39 is 0 Å². The maximum absolute atomic E-state index is 3.46. The Balaban J connectivity index is 2.61. The summed E-state index contributed by atoms with van der Waals surface area (Å²) in [6.45, 7) is 9.91. The van der Waals surface area contributed by atoms with Gasteiger partial charge in [0.15, 0.2) is 0 Å². The first-order chi connectivity index (χ1) is 6.15. The molecule has 0 fully saturated rings. The Bertz CT molecular complexity index is 254. The van der Waals surface area contributed by atoms with E-state index >= 15 is 0 Å². The van der Waals surface area contributed by atoms with Gasteiger partial charge < -0.3 is 5.32 Å². The van der Waals surface area contributed by atoms with E-state index in [1.165, 1.54) is 10.4 Å². The van der Waals surface area contributed by atoms with Gasteiger partial charge in [0.25, 0.3) is 0 Å². The van der Waals surface area contributed by atoms with E-state index in [0.717, 1.165) is 6.54 Å². The summed E-state index contributed by atoms with van der Waals surface area (Å²) in [7, 11) is 0. The van der Waals surface area contributed by atoms with E-state index in [-0.39, 0.29) is 0 Å². The first-order valence-corrected chi connectivity index (χ1v) is 5.81. The van der Waals surface area contributed by atoms with Crippen LogP contribution >= 0.6 is 11.3 Å². The monoisotopic (exact) mass is 197 g/mol. The lowest BCUT2D eigenvalue weighted by Crippen LogP contribution is -2.30. The molecule has 2 heteroatoms. The van der Waals surface area contributed by atoms with Crippen LogP contribution in [-0.4, -0.2) is 12.6 Å². The Morgan fingerprint density at radius 1 is 1.46 bits per heavy atom. The number of aryl methyl sites for hydroxylation is 1. The highest BCUT2D eigenvalue weighted by Gasteiger charge is 2.13. The van der Waals surface area contributed by atoms with Crippen molar-refractivity contribution in [3.05, 3.63) is 21.9 Å². The first kappa shape index (κ1) is 10.7. The Hall–Kier alpha value is -0.340. The van der Waals surface area contributed by atoms with Gasteiger partial charge in [-0.25, -0.2) is 0 Å². The molecule has 0 bridgehead atoms. The number of hydrogen-bond acceptors (Lipinski definition) is 2. The fraction of sp³-hybridized carbons (Fsp3) is 0.636. The van der Waals surface area contributed by atoms with Gasteiger partial charge >= 0.3 is 0 Å². The minimum atomic E-state index is 0.569. The van der Waals surface area contributed by atoms with Crippen molar-refractivity contribution in [1.29, 1.82) is 0 Å². The smallest absolute Gasteiger partial charge is 0.0105 e. The van der Waals surface area contributed by atoms with Crippen LogP contribution in [0.1, 0.15) is 37.1 Å². The number of hydrogen-bond donors (Lipinski definition) is 1. The van der Waals surface area contributed by atoms with Crippen LogP contribution in [0.15, 0.2) is 11.4 Å². The molecule has 0 radical (unpaired) electrons. The van der Waals surface area contributed by atoms with Crippen molar-refractivity contribution < 1.29 is 0 Å². The molecule has 0 aromatic carbocycles. The van der Waals surface area contributed by atoms with Gasteiger partial charge in [0.2, 0.25) is 0 Å². The Morgan fingerprint density at radius 2 is 2.15 bits per heavy atom. The molecule has 0 saturated heterocycles. The molecule has 1 aromatic rings. The normalized spacial score (nSPS) is 15.7. The number of nitrogens with one attached hydrogen (secondary N) is 1. The van der Waals surface area contributed by atoms with Crippen LogP contribution in [0.4, 0.5) is 0 Å². The minimum absolute atomic E-state index is 0.569. The second kappa shape index (κ2) is 4.77. The zero-order chi connectivity index (χ0) is 9.84. The quantitative estimate of drug-likeness (QED) is 0.782. The zero-order valence-corrected chi connectivity index (χ0v) is 9.74. The molecule has 1 aromatic heterocycles. The van der Waals surface area contributed by atoms with Gasteiger partial charge in [-0.1, -0.05) is 13.8 Å². The molecule has 1 nitrogen and oxygen atoms in total. The molecule has 0 saturated carbocycles. The highest BCUT2D eigenvalue weighted by Crippen LogP contribution is 2.24. The average molecular weight is 197 g/mol. The van der Waals surface area contributed by atoms with Gasteiger partial charge in [-0.05, 0) is 43.3 Å². The molecule has 1 N–H and O–H groups in total.